The Labute approximate surface area is 132 Å². The van der Waals surface area contributed by atoms with Crippen molar-refractivity contribution < 1.29 is 19.0 Å². The lowest BCUT2D eigenvalue weighted by molar-refractivity contribution is 0.0924. The molecule has 0 aliphatic heterocycles. The molecule has 22 heavy (non-hydrogen) atoms. The van der Waals surface area contributed by atoms with Gasteiger partial charge in [0.1, 0.15) is 11.5 Å². The number of rotatable bonds is 9. The minimum atomic E-state index is -0.138. The molecule has 1 aromatic rings. The molecule has 1 N–H and O–H groups in total. The molecule has 0 radical (unpaired) electrons. The summed E-state index contributed by atoms with van der Waals surface area (Å²) >= 11 is 0. The molecule has 1 amide bonds. The number of methoxy groups -OCH3 is 2. The van der Waals surface area contributed by atoms with E-state index in [0.717, 1.165) is 18.6 Å². The standard InChI is InChI=1S/C17H27NO4/c1-12(2)11-22-8-6-7-18-17(19)14-9-15(20-4)13(3)16(10-14)21-5/h9-10,12H,6-8,11H2,1-5H3,(H,18,19). The molecule has 0 fully saturated rings. The lowest BCUT2D eigenvalue weighted by Crippen LogP contribution is -2.25. The lowest BCUT2D eigenvalue weighted by Gasteiger charge is -2.13. The van der Waals surface area contributed by atoms with Crippen LogP contribution in [-0.2, 0) is 4.74 Å². The van der Waals surface area contributed by atoms with Crippen LogP contribution in [0.5, 0.6) is 11.5 Å². The van der Waals surface area contributed by atoms with Gasteiger partial charge < -0.3 is 19.5 Å². The summed E-state index contributed by atoms with van der Waals surface area (Å²) in [5, 5.41) is 2.88. The van der Waals surface area contributed by atoms with Gasteiger partial charge in [0.2, 0.25) is 0 Å². The number of hydrogen-bond acceptors (Lipinski definition) is 4. The molecule has 124 valence electrons. The van der Waals surface area contributed by atoms with Crippen molar-refractivity contribution in [2.45, 2.75) is 27.2 Å². The molecule has 0 aromatic heterocycles. The first kappa shape index (κ1) is 18.3. The van der Waals surface area contributed by atoms with E-state index in [1.807, 2.05) is 6.92 Å². The lowest BCUT2D eigenvalue weighted by atomic mass is 10.1. The summed E-state index contributed by atoms with van der Waals surface area (Å²) in [5.74, 6) is 1.68. The van der Waals surface area contributed by atoms with E-state index >= 15 is 0 Å². The Bertz CT molecular complexity index is 461. The highest BCUT2D eigenvalue weighted by Crippen LogP contribution is 2.29. The summed E-state index contributed by atoms with van der Waals surface area (Å²) in [6, 6.07) is 3.45. The summed E-state index contributed by atoms with van der Waals surface area (Å²) in [5.41, 5.74) is 1.41. The zero-order chi connectivity index (χ0) is 16.5. The van der Waals surface area contributed by atoms with Crippen LogP contribution in [0.2, 0.25) is 0 Å². The third-order valence-electron chi connectivity index (χ3n) is 3.22. The van der Waals surface area contributed by atoms with Gasteiger partial charge in [-0.25, -0.2) is 0 Å². The van der Waals surface area contributed by atoms with Crippen molar-refractivity contribution in [3.8, 4) is 11.5 Å². The number of nitrogens with one attached hydrogen (secondary N) is 1. The molecule has 0 atom stereocenters. The van der Waals surface area contributed by atoms with E-state index in [1.165, 1.54) is 0 Å². The van der Waals surface area contributed by atoms with Crippen molar-refractivity contribution >= 4 is 5.91 Å². The molecular weight excluding hydrogens is 282 g/mol. The Morgan fingerprint density at radius 2 is 1.77 bits per heavy atom. The minimum absolute atomic E-state index is 0.138. The largest absolute Gasteiger partial charge is 0.496 e. The number of carbonyl (C=O) groups excluding carboxylic acids is 1. The average Bonchev–Trinajstić information content (AvgIpc) is 2.50. The highest BCUT2D eigenvalue weighted by atomic mass is 16.5. The van der Waals surface area contributed by atoms with Gasteiger partial charge in [0, 0.05) is 30.9 Å². The zero-order valence-electron chi connectivity index (χ0n) is 14.2. The van der Waals surface area contributed by atoms with E-state index in [1.54, 1.807) is 26.4 Å². The van der Waals surface area contributed by atoms with Crippen molar-refractivity contribution in [3.05, 3.63) is 23.3 Å². The average molecular weight is 309 g/mol. The predicted octanol–water partition coefficient (Wildman–Crippen LogP) is 2.80. The van der Waals surface area contributed by atoms with Crippen LogP contribution < -0.4 is 14.8 Å². The Kier molecular flexibility index (Phi) is 7.74. The van der Waals surface area contributed by atoms with E-state index in [-0.39, 0.29) is 5.91 Å². The van der Waals surface area contributed by atoms with E-state index < -0.39 is 0 Å². The van der Waals surface area contributed by atoms with Crippen molar-refractivity contribution in [2.24, 2.45) is 5.92 Å². The number of benzene rings is 1. The van der Waals surface area contributed by atoms with E-state index in [2.05, 4.69) is 19.2 Å². The van der Waals surface area contributed by atoms with Gasteiger partial charge in [-0.3, -0.25) is 4.79 Å². The summed E-state index contributed by atoms with van der Waals surface area (Å²) < 4.78 is 16.0. The normalized spacial score (nSPS) is 10.6. The van der Waals surface area contributed by atoms with Crippen LogP contribution in [0.15, 0.2) is 12.1 Å². The first-order valence-electron chi connectivity index (χ1n) is 7.58. The van der Waals surface area contributed by atoms with Gasteiger partial charge >= 0.3 is 0 Å². The third kappa shape index (κ3) is 5.56. The van der Waals surface area contributed by atoms with Crippen molar-refractivity contribution in [2.75, 3.05) is 34.0 Å². The van der Waals surface area contributed by atoms with E-state index in [9.17, 15) is 4.79 Å². The van der Waals surface area contributed by atoms with Crippen LogP contribution in [0.25, 0.3) is 0 Å². The summed E-state index contributed by atoms with van der Waals surface area (Å²) in [6.45, 7) is 8.10. The molecule has 1 rings (SSSR count). The maximum Gasteiger partial charge on any atom is 0.251 e. The second-order valence-electron chi connectivity index (χ2n) is 5.58. The predicted molar refractivity (Wildman–Crippen MR) is 86.9 cm³/mol. The quantitative estimate of drug-likeness (QED) is 0.713. The zero-order valence-corrected chi connectivity index (χ0v) is 14.2. The van der Waals surface area contributed by atoms with Crippen LogP contribution in [0.3, 0.4) is 0 Å². The molecular formula is C17H27NO4. The second kappa shape index (κ2) is 9.30. The SMILES string of the molecule is COc1cc(C(=O)NCCCOCC(C)C)cc(OC)c1C. The first-order chi connectivity index (χ1) is 10.5. The molecule has 0 aliphatic rings. The molecule has 0 saturated heterocycles. The molecule has 1 aromatic carbocycles. The maximum atomic E-state index is 12.2. The highest BCUT2D eigenvalue weighted by molar-refractivity contribution is 5.95. The second-order valence-corrected chi connectivity index (χ2v) is 5.58. The number of amides is 1. The summed E-state index contributed by atoms with van der Waals surface area (Å²) in [6.07, 6.45) is 0.790. The Morgan fingerprint density at radius 1 is 1.18 bits per heavy atom. The van der Waals surface area contributed by atoms with Gasteiger partial charge in [-0.05, 0) is 31.4 Å². The Hall–Kier alpha value is -1.75. The highest BCUT2D eigenvalue weighted by Gasteiger charge is 2.13. The summed E-state index contributed by atoms with van der Waals surface area (Å²) in [4.78, 5) is 12.2. The molecule has 0 bridgehead atoms. The van der Waals surface area contributed by atoms with Crippen LogP contribution in [0, 0.1) is 12.8 Å². The Morgan fingerprint density at radius 3 is 2.27 bits per heavy atom. The van der Waals surface area contributed by atoms with Gasteiger partial charge in [0.15, 0.2) is 0 Å². The fourth-order valence-electron chi connectivity index (χ4n) is 2.01. The summed E-state index contributed by atoms with van der Waals surface area (Å²) in [7, 11) is 3.16. The van der Waals surface area contributed by atoms with E-state index in [0.29, 0.717) is 36.1 Å². The third-order valence-corrected chi connectivity index (χ3v) is 3.22. The van der Waals surface area contributed by atoms with Crippen molar-refractivity contribution in [1.82, 2.24) is 5.32 Å². The fourth-order valence-corrected chi connectivity index (χ4v) is 2.01. The maximum absolute atomic E-state index is 12.2. The molecule has 5 nitrogen and oxygen atoms in total. The Balaban J connectivity index is 2.52. The number of carbonyl (C=O) groups is 1. The molecule has 0 unspecified atom stereocenters. The van der Waals surface area contributed by atoms with Crippen LogP contribution >= 0.6 is 0 Å². The van der Waals surface area contributed by atoms with Gasteiger partial charge in [-0.2, -0.15) is 0 Å². The van der Waals surface area contributed by atoms with E-state index in [4.69, 9.17) is 14.2 Å². The molecule has 0 aliphatic carbocycles. The van der Waals surface area contributed by atoms with Gasteiger partial charge in [-0.15, -0.1) is 0 Å². The monoisotopic (exact) mass is 309 g/mol. The smallest absolute Gasteiger partial charge is 0.251 e. The first-order valence-corrected chi connectivity index (χ1v) is 7.58. The fraction of sp³-hybridized carbons (Fsp3) is 0.588. The topological polar surface area (TPSA) is 56.8 Å². The molecule has 0 spiro atoms. The van der Waals surface area contributed by atoms with Crippen molar-refractivity contribution in [3.63, 3.8) is 0 Å². The number of hydrogen-bond donors (Lipinski definition) is 1. The van der Waals surface area contributed by atoms with Crippen LogP contribution in [0.1, 0.15) is 36.2 Å². The van der Waals surface area contributed by atoms with Gasteiger partial charge in [0.05, 0.1) is 14.2 Å². The van der Waals surface area contributed by atoms with Gasteiger partial charge in [-0.1, -0.05) is 13.8 Å². The molecule has 0 saturated carbocycles. The molecule has 5 heteroatoms. The van der Waals surface area contributed by atoms with Gasteiger partial charge in [0.25, 0.3) is 5.91 Å². The number of ether oxygens (including phenoxy) is 3. The van der Waals surface area contributed by atoms with Crippen molar-refractivity contribution in [1.29, 1.82) is 0 Å². The van der Waals surface area contributed by atoms with Crippen LogP contribution in [-0.4, -0.2) is 39.9 Å². The molecule has 0 heterocycles. The minimum Gasteiger partial charge on any atom is -0.496 e. The van der Waals surface area contributed by atoms with Crippen LogP contribution in [0.4, 0.5) is 0 Å².